The van der Waals surface area contributed by atoms with Gasteiger partial charge in [-0.15, -0.1) is 0 Å². The van der Waals surface area contributed by atoms with Gasteiger partial charge in [0.05, 0.1) is 16.6 Å². The molecule has 0 saturated carbocycles. The van der Waals surface area contributed by atoms with Gasteiger partial charge in [0.1, 0.15) is 5.82 Å². The second-order valence-corrected chi connectivity index (χ2v) is 8.38. The summed E-state index contributed by atoms with van der Waals surface area (Å²) < 4.78 is 13.4. The molecule has 148 valence electrons. The van der Waals surface area contributed by atoms with Crippen LogP contribution in [-0.4, -0.2) is 16.3 Å². The zero-order valence-electron chi connectivity index (χ0n) is 15.5. The minimum absolute atomic E-state index is 0.133. The molecule has 1 aliphatic rings. The Labute approximate surface area is 190 Å². The van der Waals surface area contributed by atoms with E-state index >= 15 is 0 Å². The Kier molecular flexibility index (Phi) is 4.96. The van der Waals surface area contributed by atoms with E-state index in [9.17, 15) is 4.79 Å². The molecular weight excluding hydrogens is 515 g/mol. The van der Waals surface area contributed by atoms with Crippen LogP contribution in [0.15, 0.2) is 65.5 Å². The van der Waals surface area contributed by atoms with Crippen LogP contribution in [0.2, 0.25) is 5.02 Å². The van der Waals surface area contributed by atoms with Crippen molar-refractivity contribution in [3.8, 4) is 17.2 Å². The van der Waals surface area contributed by atoms with Gasteiger partial charge in [0.2, 0.25) is 6.79 Å². The predicted molar refractivity (Wildman–Crippen MR) is 127 cm³/mol. The van der Waals surface area contributed by atoms with Gasteiger partial charge in [-0.3, -0.25) is 9.36 Å². The molecule has 0 spiro atoms. The molecule has 3 aromatic carbocycles. The van der Waals surface area contributed by atoms with Crippen LogP contribution in [0.1, 0.15) is 11.4 Å². The van der Waals surface area contributed by atoms with Gasteiger partial charge in [0, 0.05) is 8.59 Å². The molecule has 0 saturated heterocycles. The molecule has 1 aromatic heterocycles. The van der Waals surface area contributed by atoms with E-state index in [1.54, 1.807) is 16.7 Å². The summed E-state index contributed by atoms with van der Waals surface area (Å²) in [5, 5.41) is 1.17. The van der Waals surface area contributed by atoms with Gasteiger partial charge in [-0.1, -0.05) is 23.7 Å². The van der Waals surface area contributed by atoms with Crippen molar-refractivity contribution in [3.05, 3.63) is 91.0 Å². The molecule has 0 N–H and O–H groups in total. The first-order valence-electron chi connectivity index (χ1n) is 9.14. The van der Waals surface area contributed by atoms with Crippen molar-refractivity contribution in [1.29, 1.82) is 0 Å². The zero-order chi connectivity index (χ0) is 20.7. The fourth-order valence-electron chi connectivity index (χ4n) is 3.31. The molecule has 0 bridgehead atoms. The second-order valence-electron chi connectivity index (χ2n) is 6.69. The quantitative estimate of drug-likeness (QED) is 0.328. The highest BCUT2D eigenvalue weighted by Gasteiger charge is 2.14. The van der Waals surface area contributed by atoms with Gasteiger partial charge in [-0.25, -0.2) is 4.98 Å². The van der Waals surface area contributed by atoms with Crippen LogP contribution in [0, 0.1) is 3.57 Å². The van der Waals surface area contributed by atoms with E-state index in [1.165, 1.54) is 0 Å². The summed E-state index contributed by atoms with van der Waals surface area (Å²) in [6, 6.07) is 18.5. The third kappa shape index (κ3) is 3.57. The Morgan fingerprint density at radius 1 is 0.967 bits per heavy atom. The third-order valence-electron chi connectivity index (χ3n) is 4.76. The first-order chi connectivity index (χ1) is 14.6. The number of benzene rings is 3. The Morgan fingerprint density at radius 3 is 2.60 bits per heavy atom. The van der Waals surface area contributed by atoms with Gasteiger partial charge in [0.25, 0.3) is 5.56 Å². The van der Waals surface area contributed by atoms with E-state index in [1.807, 2.05) is 60.7 Å². The SMILES string of the molecule is O=c1c2cc(I)ccc2nc(/C=C/c2ccc3c(c2)OCO3)n1-c1ccc(Cl)cc1. The number of hydrogen-bond acceptors (Lipinski definition) is 4. The molecule has 0 aliphatic carbocycles. The van der Waals surface area contributed by atoms with Crippen molar-refractivity contribution in [3.63, 3.8) is 0 Å². The van der Waals surface area contributed by atoms with Crippen LogP contribution >= 0.6 is 34.2 Å². The summed E-state index contributed by atoms with van der Waals surface area (Å²) in [5.41, 5.74) is 2.13. The maximum absolute atomic E-state index is 13.4. The molecule has 5 rings (SSSR count). The molecule has 5 nitrogen and oxygen atoms in total. The molecule has 1 aliphatic heterocycles. The first kappa shape index (κ1) is 19.1. The molecule has 7 heteroatoms. The molecule has 0 fully saturated rings. The molecular formula is C23H14ClIN2O3. The van der Waals surface area contributed by atoms with Crippen LogP contribution in [-0.2, 0) is 0 Å². The molecule has 4 aromatic rings. The van der Waals surface area contributed by atoms with E-state index in [-0.39, 0.29) is 12.4 Å². The topological polar surface area (TPSA) is 53.4 Å². The summed E-state index contributed by atoms with van der Waals surface area (Å²) in [6.07, 6.45) is 3.72. The van der Waals surface area contributed by atoms with E-state index in [0.29, 0.717) is 33.2 Å². The summed E-state index contributed by atoms with van der Waals surface area (Å²) in [5.74, 6) is 1.95. The number of ether oxygens (including phenoxy) is 2. The largest absolute Gasteiger partial charge is 0.454 e. The average molecular weight is 529 g/mol. The van der Waals surface area contributed by atoms with E-state index in [4.69, 9.17) is 26.1 Å². The lowest BCUT2D eigenvalue weighted by molar-refractivity contribution is 0.174. The Bertz CT molecular complexity index is 1360. The number of aromatic nitrogens is 2. The Balaban J connectivity index is 1.68. The number of nitrogens with zero attached hydrogens (tertiary/aromatic N) is 2. The van der Waals surface area contributed by atoms with Crippen molar-refractivity contribution in [1.82, 2.24) is 9.55 Å². The Hall–Kier alpha value is -2.84. The maximum atomic E-state index is 13.4. The van der Waals surface area contributed by atoms with Crippen LogP contribution < -0.4 is 15.0 Å². The fourth-order valence-corrected chi connectivity index (χ4v) is 3.93. The first-order valence-corrected chi connectivity index (χ1v) is 10.6. The van der Waals surface area contributed by atoms with Gasteiger partial charge < -0.3 is 9.47 Å². The van der Waals surface area contributed by atoms with Gasteiger partial charge in [0.15, 0.2) is 11.5 Å². The number of rotatable bonds is 3. The molecule has 2 heterocycles. The lowest BCUT2D eigenvalue weighted by atomic mass is 10.1. The summed E-state index contributed by atoms with van der Waals surface area (Å²) >= 11 is 8.24. The van der Waals surface area contributed by atoms with E-state index in [2.05, 4.69) is 22.6 Å². The molecule has 0 unspecified atom stereocenters. The minimum Gasteiger partial charge on any atom is -0.454 e. The van der Waals surface area contributed by atoms with Gasteiger partial charge >= 0.3 is 0 Å². The normalized spacial score (nSPS) is 12.7. The third-order valence-corrected chi connectivity index (χ3v) is 5.69. The minimum atomic E-state index is -0.133. The predicted octanol–water partition coefficient (Wildman–Crippen LogP) is 5.54. The van der Waals surface area contributed by atoms with E-state index < -0.39 is 0 Å². The second kappa shape index (κ2) is 7.77. The molecule has 0 amide bonds. The fraction of sp³-hybridized carbons (Fsp3) is 0.0435. The monoisotopic (exact) mass is 528 g/mol. The van der Waals surface area contributed by atoms with Crippen LogP contribution in [0.4, 0.5) is 0 Å². The summed E-state index contributed by atoms with van der Waals surface area (Å²) in [4.78, 5) is 18.1. The van der Waals surface area contributed by atoms with Crippen LogP contribution in [0.3, 0.4) is 0 Å². The van der Waals surface area contributed by atoms with Gasteiger partial charge in [-0.05, 0) is 88.8 Å². The number of fused-ring (bicyclic) bond motifs is 2. The molecule has 0 atom stereocenters. The highest BCUT2D eigenvalue weighted by molar-refractivity contribution is 14.1. The van der Waals surface area contributed by atoms with Crippen molar-refractivity contribution in [2.45, 2.75) is 0 Å². The lowest BCUT2D eigenvalue weighted by Gasteiger charge is -2.12. The standard InChI is InChI=1S/C23H14ClIN2O3/c24-15-3-6-17(7-4-15)27-22(26-19-8-5-16(25)12-18(19)23(27)28)10-2-14-1-9-20-21(11-14)30-13-29-20/h1-12H,13H2/b10-2+. The lowest BCUT2D eigenvalue weighted by Crippen LogP contribution is -2.22. The van der Waals surface area contributed by atoms with E-state index in [0.717, 1.165) is 14.9 Å². The molecule has 0 radical (unpaired) electrons. The number of halogens is 2. The van der Waals surface area contributed by atoms with Gasteiger partial charge in [-0.2, -0.15) is 0 Å². The summed E-state index contributed by atoms with van der Waals surface area (Å²) in [6.45, 7) is 0.226. The smallest absolute Gasteiger partial charge is 0.266 e. The van der Waals surface area contributed by atoms with Crippen molar-refractivity contribution in [2.24, 2.45) is 0 Å². The van der Waals surface area contributed by atoms with Crippen LogP contribution in [0.5, 0.6) is 11.5 Å². The summed E-state index contributed by atoms with van der Waals surface area (Å²) in [7, 11) is 0. The number of hydrogen-bond donors (Lipinski definition) is 0. The average Bonchev–Trinajstić information content (AvgIpc) is 3.22. The maximum Gasteiger partial charge on any atom is 0.266 e. The van der Waals surface area contributed by atoms with Crippen LogP contribution in [0.25, 0.3) is 28.7 Å². The van der Waals surface area contributed by atoms with Crippen molar-refractivity contribution < 1.29 is 9.47 Å². The Morgan fingerprint density at radius 2 is 1.77 bits per heavy atom. The highest BCUT2D eigenvalue weighted by atomic mass is 127. The van der Waals surface area contributed by atoms with Crippen molar-refractivity contribution >= 4 is 57.2 Å². The molecule has 30 heavy (non-hydrogen) atoms. The highest BCUT2D eigenvalue weighted by Crippen LogP contribution is 2.33. The van der Waals surface area contributed by atoms with Crippen molar-refractivity contribution in [2.75, 3.05) is 6.79 Å². The zero-order valence-corrected chi connectivity index (χ0v) is 18.4.